The maximum Gasteiger partial charge on any atom is 0.310 e. The Morgan fingerprint density at radius 2 is 1.06 bits per heavy atom. The van der Waals surface area contributed by atoms with E-state index in [0.29, 0.717) is 12.8 Å². The number of carboxylic acids is 2. The van der Waals surface area contributed by atoms with Gasteiger partial charge in [-0.3, -0.25) is 19.4 Å². The SMILES string of the molecule is CN1C(C)(C)CC(C(CCCC(=O)O)(C(=O)O)C2CC(C)(C)N(C)C(C)(C)C2)CC1(C)C. The lowest BCUT2D eigenvalue weighted by molar-refractivity contribution is -0.176. The van der Waals surface area contributed by atoms with Crippen LogP contribution >= 0.6 is 0 Å². The quantitative estimate of drug-likeness (QED) is 0.559. The molecule has 2 saturated heterocycles. The van der Waals surface area contributed by atoms with Gasteiger partial charge >= 0.3 is 11.9 Å². The highest BCUT2D eigenvalue weighted by Crippen LogP contribution is 2.58. The summed E-state index contributed by atoms with van der Waals surface area (Å²) in [5.74, 6) is -1.59. The third kappa shape index (κ3) is 4.86. The van der Waals surface area contributed by atoms with Crippen LogP contribution in [0.1, 0.15) is 100 Å². The number of likely N-dealkylation sites (tertiary alicyclic amines) is 2. The van der Waals surface area contributed by atoms with Crippen molar-refractivity contribution in [1.29, 1.82) is 0 Å². The van der Waals surface area contributed by atoms with Gasteiger partial charge in [-0.2, -0.15) is 0 Å². The average Bonchev–Trinajstić information content (AvgIpc) is 2.59. The van der Waals surface area contributed by atoms with Crippen LogP contribution in [0.5, 0.6) is 0 Å². The van der Waals surface area contributed by atoms with E-state index in [-0.39, 0.29) is 40.4 Å². The van der Waals surface area contributed by atoms with Crippen molar-refractivity contribution >= 4 is 11.9 Å². The molecule has 0 radical (unpaired) electrons. The fourth-order valence-corrected chi connectivity index (χ4v) is 7.20. The third-order valence-electron chi connectivity index (χ3n) is 9.45. The lowest BCUT2D eigenvalue weighted by Gasteiger charge is -2.61. The van der Waals surface area contributed by atoms with E-state index in [0.717, 1.165) is 25.7 Å². The van der Waals surface area contributed by atoms with Gasteiger partial charge < -0.3 is 10.2 Å². The van der Waals surface area contributed by atoms with E-state index in [4.69, 9.17) is 0 Å². The van der Waals surface area contributed by atoms with E-state index >= 15 is 0 Å². The molecule has 6 heteroatoms. The van der Waals surface area contributed by atoms with Gasteiger partial charge in [0.25, 0.3) is 0 Å². The number of aliphatic carboxylic acids is 2. The Hall–Kier alpha value is -1.14. The summed E-state index contributed by atoms with van der Waals surface area (Å²) in [6.45, 7) is 17.7. The van der Waals surface area contributed by atoms with Gasteiger partial charge in [-0.25, -0.2) is 0 Å². The first-order valence-corrected chi connectivity index (χ1v) is 12.2. The smallest absolute Gasteiger partial charge is 0.310 e. The molecular weight excluding hydrogens is 404 g/mol. The van der Waals surface area contributed by atoms with Gasteiger partial charge in [0.15, 0.2) is 0 Å². The standard InChI is InChI=1S/C26H48N2O4/c1-22(2)14-18(15-23(3,4)27(22)9)26(21(31)32,13-11-12-20(29)30)19-16-24(5,6)28(10)25(7,8)17-19/h18-19H,11-17H2,1-10H3,(H,29,30)(H,31,32). The van der Waals surface area contributed by atoms with Crippen LogP contribution < -0.4 is 0 Å². The topological polar surface area (TPSA) is 81.1 Å². The Bertz CT molecular complexity index is 647. The molecule has 186 valence electrons. The van der Waals surface area contributed by atoms with Crippen LogP contribution in [-0.4, -0.2) is 68.2 Å². The van der Waals surface area contributed by atoms with E-state index in [1.165, 1.54) is 0 Å². The first kappa shape index (κ1) is 27.1. The van der Waals surface area contributed by atoms with E-state index < -0.39 is 17.4 Å². The minimum Gasteiger partial charge on any atom is -0.481 e. The number of nitrogens with zero attached hydrogens (tertiary/aromatic N) is 2. The van der Waals surface area contributed by atoms with E-state index in [2.05, 4.69) is 79.3 Å². The molecule has 32 heavy (non-hydrogen) atoms. The lowest BCUT2D eigenvalue weighted by Crippen LogP contribution is -2.65. The number of piperidine rings is 2. The van der Waals surface area contributed by atoms with E-state index in [1.807, 2.05) is 0 Å². The zero-order valence-electron chi connectivity index (χ0n) is 22.2. The molecule has 2 N–H and O–H groups in total. The van der Waals surface area contributed by atoms with Gasteiger partial charge in [-0.15, -0.1) is 0 Å². The van der Waals surface area contributed by atoms with Crippen molar-refractivity contribution in [1.82, 2.24) is 9.80 Å². The number of rotatable bonds is 7. The Morgan fingerprint density at radius 3 is 1.31 bits per heavy atom. The maximum absolute atomic E-state index is 13.3. The Kier molecular flexibility index (Phi) is 7.26. The predicted molar refractivity (Wildman–Crippen MR) is 129 cm³/mol. The summed E-state index contributed by atoms with van der Waals surface area (Å²) in [6.07, 6.45) is 4.07. The van der Waals surface area contributed by atoms with Crippen molar-refractivity contribution in [2.75, 3.05) is 14.1 Å². The number of hydrogen-bond donors (Lipinski definition) is 2. The fourth-order valence-electron chi connectivity index (χ4n) is 7.20. The van der Waals surface area contributed by atoms with Gasteiger partial charge in [0.2, 0.25) is 0 Å². The molecule has 0 amide bonds. The van der Waals surface area contributed by atoms with Gasteiger partial charge in [-0.05, 0) is 120 Å². The highest BCUT2D eigenvalue weighted by Gasteiger charge is 2.60. The Balaban J connectivity index is 2.61. The second kappa shape index (κ2) is 8.57. The molecule has 0 unspecified atom stereocenters. The first-order chi connectivity index (χ1) is 14.3. The molecule has 0 atom stereocenters. The van der Waals surface area contributed by atoms with Gasteiger partial charge in [0.1, 0.15) is 0 Å². The van der Waals surface area contributed by atoms with Crippen LogP contribution in [0.2, 0.25) is 0 Å². The molecule has 2 heterocycles. The van der Waals surface area contributed by atoms with E-state index in [9.17, 15) is 19.8 Å². The van der Waals surface area contributed by atoms with Crippen LogP contribution in [0.3, 0.4) is 0 Å². The summed E-state index contributed by atoms with van der Waals surface area (Å²) < 4.78 is 0. The van der Waals surface area contributed by atoms with Crippen molar-refractivity contribution in [3.63, 3.8) is 0 Å². The maximum atomic E-state index is 13.3. The molecule has 2 rings (SSSR count). The van der Waals surface area contributed by atoms with Crippen molar-refractivity contribution < 1.29 is 19.8 Å². The molecule has 0 aliphatic carbocycles. The summed E-state index contributed by atoms with van der Waals surface area (Å²) in [4.78, 5) is 29.5. The lowest BCUT2D eigenvalue weighted by atomic mass is 9.52. The van der Waals surface area contributed by atoms with Gasteiger partial charge in [0.05, 0.1) is 5.41 Å². The van der Waals surface area contributed by atoms with Crippen LogP contribution in [0.15, 0.2) is 0 Å². The van der Waals surface area contributed by atoms with Crippen LogP contribution in [0.4, 0.5) is 0 Å². The van der Waals surface area contributed by atoms with Gasteiger partial charge in [-0.1, -0.05) is 0 Å². The summed E-state index contributed by atoms with van der Waals surface area (Å²) in [5, 5.41) is 20.2. The largest absolute Gasteiger partial charge is 0.481 e. The second-order valence-corrected chi connectivity index (χ2v) is 13.2. The molecule has 0 bridgehead atoms. The summed E-state index contributed by atoms with van der Waals surface area (Å²) in [5.41, 5.74) is -1.44. The molecule has 0 aromatic rings. The summed E-state index contributed by atoms with van der Waals surface area (Å²) in [6, 6.07) is 0. The minimum atomic E-state index is -0.930. The number of hydrogen-bond acceptors (Lipinski definition) is 4. The van der Waals surface area contributed by atoms with Crippen molar-refractivity contribution in [2.24, 2.45) is 17.3 Å². The molecule has 0 spiro atoms. The van der Waals surface area contributed by atoms with Crippen LogP contribution in [0, 0.1) is 17.3 Å². The first-order valence-electron chi connectivity index (χ1n) is 12.2. The summed E-state index contributed by atoms with van der Waals surface area (Å²) >= 11 is 0. The molecule has 2 aliphatic heterocycles. The molecule has 2 aliphatic rings. The second-order valence-electron chi connectivity index (χ2n) is 13.2. The van der Waals surface area contributed by atoms with Crippen molar-refractivity contribution in [3.8, 4) is 0 Å². The molecule has 0 aromatic heterocycles. The van der Waals surface area contributed by atoms with Crippen molar-refractivity contribution in [2.45, 2.75) is 122 Å². The Morgan fingerprint density at radius 1 is 0.750 bits per heavy atom. The predicted octanol–water partition coefficient (Wildman–Crippen LogP) is 5.11. The average molecular weight is 453 g/mol. The highest BCUT2D eigenvalue weighted by atomic mass is 16.4. The third-order valence-corrected chi connectivity index (χ3v) is 9.45. The fraction of sp³-hybridized carbons (Fsp3) is 0.923. The molecular formula is C26H48N2O4. The van der Waals surface area contributed by atoms with Crippen LogP contribution in [-0.2, 0) is 9.59 Å². The number of carboxylic acid groups (broad SMARTS) is 2. The van der Waals surface area contributed by atoms with Crippen LogP contribution in [0.25, 0.3) is 0 Å². The molecule has 2 fully saturated rings. The molecule has 0 aromatic carbocycles. The van der Waals surface area contributed by atoms with E-state index in [1.54, 1.807) is 0 Å². The zero-order chi connectivity index (χ0) is 24.9. The monoisotopic (exact) mass is 452 g/mol. The molecule has 6 nitrogen and oxygen atoms in total. The minimum absolute atomic E-state index is 0.00463. The summed E-state index contributed by atoms with van der Waals surface area (Å²) in [7, 11) is 4.29. The Labute approximate surface area is 195 Å². The molecule has 0 saturated carbocycles. The van der Waals surface area contributed by atoms with Crippen molar-refractivity contribution in [3.05, 3.63) is 0 Å². The highest BCUT2D eigenvalue weighted by molar-refractivity contribution is 5.76. The normalized spacial score (nSPS) is 26.7. The zero-order valence-corrected chi connectivity index (χ0v) is 22.2. The van der Waals surface area contributed by atoms with Gasteiger partial charge in [0, 0.05) is 28.6 Å². The number of carbonyl (C=O) groups is 2.